The van der Waals surface area contributed by atoms with Crippen molar-refractivity contribution in [3.05, 3.63) is 57.8 Å². The predicted molar refractivity (Wildman–Crippen MR) is 76.7 cm³/mol. The molecule has 0 heterocycles. The Bertz CT molecular complexity index is 590. The van der Waals surface area contributed by atoms with Gasteiger partial charge in [0.15, 0.2) is 0 Å². The van der Waals surface area contributed by atoms with E-state index in [9.17, 15) is 4.39 Å². The van der Waals surface area contributed by atoms with Crippen molar-refractivity contribution >= 4 is 28.9 Å². The van der Waals surface area contributed by atoms with Crippen molar-refractivity contribution in [1.29, 1.82) is 0 Å². The van der Waals surface area contributed by atoms with E-state index in [0.29, 0.717) is 28.0 Å². The molecule has 1 N–H and O–H groups in total. The van der Waals surface area contributed by atoms with Crippen molar-refractivity contribution in [3.63, 3.8) is 0 Å². The lowest BCUT2D eigenvalue weighted by atomic mass is 10.2. The molecular formula is C14H12Cl2FNO. The molecular weight excluding hydrogens is 288 g/mol. The fourth-order valence-electron chi connectivity index (χ4n) is 1.61. The first kappa shape index (κ1) is 14.0. The average molecular weight is 300 g/mol. The number of nitrogens with one attached hydrogen (secondary N) is 1. The van der Waals surface area contributed by atoms with E-state index in [0.717, 1.165) is 5.56 Å². The highest BCUT2D eigenvalue weighted by Crippen LogP contribution is 2.24. The van der Waals surface area contributed by atoms with Crippen LogP contribution in [0.2, 0.25) is 10.0 Å². The molecule has 2 aromatic carbocycles. The fraction of sp³-hybridized carbons (Fsp3) is 0.143. The van der Waals surface area contributed by atoms with Gasteiger partial charge in [-0.05, 0) is 29.8 Å². The summed E-state index contributed by atoms with van der Waals surface area (Å²) in [6.45, 7) is 0.445. The molecule has 2 aromatic rings. The summed E-state index contributed by atoms with van der Waals surface area (Å²) in [4.78, 5) is 0. The second-order valence-electron chi connectivity index (χ2n) is 3.95. The molecule has 0 saturated heterocycles. The monoisotopic (exact) mass is 299 g/mol. The first-order chi connectivity index (χ1) is 9.10. The number of benzene rings is 2. The zero-order chi connectivity index (χ0) is 13.8. The first-order valence-corrected chi connectivity index (χ1v) is 6.37. The van der Waals surface area contributed by atoms with Crippen LogP contribution in [0, 0.1) is 5.82 Å². The third-order valence-electron chi connectivity index (χ3n) is 2.64. The molecule has 100 valence electrons. The minimum absolute atomic E-state index is 0.333. The SMILES string of the molecule is COc1ccc(F)c(NCc2ccc(Cl)c(Cl)c2)c1. The van der Waals surface area contributed by atoms with Crippen LogP contribution in [-0.4, -0.2) is 7.11 Å². The molecule has 0 aliphatic rings. The van der Waals surface area contributed by atoms with Crippen molar-refractivity contribution < 1.29 is 9.13 Å². The molecule has 0 atom stereocenters. The maximum absolute atomic E-state index is 13.6. The highest BCUT2D eigenvalue weighted by molar-refractivity contribution is 6.42. The molecule has 0 aliphatic carbocycles. The zero-order valence-corrected chi connectivity index (χ0v) is 11.7. The molecule has 5 heteroatoms. The molecule has 0 aromatic heterocycles. The van der Waals surface area contributed by atoms with E-state index in [1.807, 2.05) is 6.07 Å². The molecule has 0 saturated carbocycles. The molecule has 0 aliphatic heterocycles. The molecule has 2 rings (SSSR count). The van der Waals surface area contributed by atoms with Gasteiger partial charge in [-0.15, -0.1) is 0 Å². The molecule has 0 radical (unpaired) electrons. The van der Waals surface area contributed by atoms with Crippen molar-refractivity contribution in [2.24, 2.45) is 0 Å². The summed E-state index contributed by atoms with van der Waals surface area (Å²) in [6, 6.07) is 9.82. The lowest BCUT2D eigenvalue weighted by Gasteiger charge is -2.10. The number of halogens is 3. The number of methoxy groups -OCH3 is 1. The minimum Gasteiger partial charge on any atom is -0.497 e. The van der Waals surface area contributed by atoms with E-state index in [-0.39, 0.29) is 5.82 Å². The number of rotatable bonds is 4. The van der Waals surface area contributed by atoms with Crippen molar-refractivity contribution in [3.8, 4) is 5.75 Å². The van der Waals surface area contributed by atoms with Crippen LogP contribution >= 0.6 is 23.2 Å². The summed E-state index contributed by atoms with van der Waals surface area (Å²) < 4.78 is 18.6. The van der Waals surface area contributed by atoms with Gasteiger partial charge in [0.2, 0.25) is 0 Å². The Kier molecular flexibility index (Phi) is 4.51. The summed E-state index contributed by atoms with van der Waals surface area (Å²) in [5.41, 5.74) is 1.29. The lowest BCUT2D eigenvalue weighted by Crippen LogP contribution is -2.01. The molecule has 0 fully saturated rings. The maximum atomic E-state index is 13.6. The summed E-state index contributed by atoms with van der Waals surface area (Å²) in [5.74, 6) is 0.263. The maximum Gasteiger partial charge on any atom is 0.146 e. The normalized spacial score (nSPS) is 10.3. The summed E-state index contributed by atoms with van der Waals surface area (Å²) in [5, 5.41) is 3.97. The third kappa shape index (κ3) is 3.52. The Morgan fingerprint density at radius 2 is 1.89 bits per heavy atom. The summed E-state index contributed by atoms with van der Waals surface area (Å²) in [7, 11) is 1.54. The minimum atomic E-state index is -0.333. The second kappa shape index (κ2) is 6.13. The standard InChI is InChI=1S/C14H12Cl2FNO/c1-19-10-3-5-13(17)14(7-10)18-8-9-2-4-11(15)12(16)6-9/h2-7,18H,8H2,1H3. The summed E-state index contributed by atoms with van der Waals surface area (Å²) >= 11 is 11.8. The average Bonchev–Trinajstić information content (AvgIpc) is 2.41. The Hall–Kier alpha value is -1.45. The van der Waals surface area contributed by atoms with Crippen LogP contribution in [0.25, 0.3) is 0 Å². The first-order valence-electron chi connectivity index (χ1n) is 5.61. The van der Waals surface area contributed by atoms with Crippen LogP contribution < -0.4 is 10.1 Å². The number of ether oxygens (including phenoxy) is 1. The van der Waals surface area contributed by atoms with E-state index in [1.54, 1.807) is 24.3 Å². The highest BCUT2D eigenvalue weighted by atomic mass is 35.5. The van der Waals surface area contributed by atoms with Gasteiger partial charge in [-0.3, -0.25) is 0 Å². The quantitative estimate of drug-likeness (QED) is 0.879. The molecule has 0 unspecified atom stereocenters. The Labute approximate surface area is 121 Å². The lowest BCUT2D eigenvalue weighted by molar-refractivity contribution is 0.414. The van der Waals surface area contributed by atoms with Crippen LogP contribution in [0.15, 0.2) is 36.4 Å². The van der Waals surface area contributed by atoms with Crippen molar-refractivity contribution in [2.45, 2.75) is 6.54 Å². The number of hydrogen-bond donors (Lipinski definition) is 1. The number of hydrogen-bond acceptors (Lipinski definition) is 2. The smallest absolute Gasteiger partial charge is 0.146 e. The van der Waals surface area contributed by atoms with Gasteiger partial charge in [-0.1, -0.05) is 29.3 Å². The van der Waals surface area contributed by atoms with Crippen molar-refractivity contribution in [2.75, 3.05) is 12.4 Å². The zero-order valence-electron chi connectivity index (χ0n) is 10.2. The van der Waals surface area contributed by atoms with Gasteiger partial charge in [-0.25, -0.2) is 4.39 Å². The Morgan fingerprint density at radius 1 is 1.11 bits per heavy atom. The molecule has 2 nitrogen and oxygen atoms in total. The topological polar surface area (TPSA) is 21.3 Å². The molecule has 19 heavy (non-hydrogen) atoms. The van der Waals surface area contributed by atoms with Gasteiger partial charge in [-0.2, -0.15) is 0 Å². The summed E-state index contributed by atoms with van der Waals surface area (Å²) in [6.07, 6.45) is 0. The Balaban J connectivity index is 2.11. The molecule has 0 bridgehead atoms. The number of anilines is 1. The molecule has 0 amide bonds. The van der Waals surface area contributed by atoms with Crippen LogP contribution in [0.4, 0.5) is 10.1 Å². The fourth-order valence-corrected chi connectivity index (χ4v) is 1.93. The van der Waals surface area contributed by atoms with Crippen LogP contribution in [-0.2, 0) is 6.54 Å². The van der Waals surface area contributed by atoms with Gasteiger partial charge < -0.3 is 10.1 Å². The van der Waals surface area contributed by atoms with Gasteiger partial charge in [0.05, 0.1) is 22.8 Å². The van der Waals surface area contributed by atoms with Gasteiger partial charge in [0.1, 0.15) is 11.6 Å². The van der Waals surface area contributed by atoms with E-state index >= 15 is 0 Å². The second-order valence-corrected chi connectivity index (χ2v) is 4.76. The van der Waals surface area contributed by atoms with E-state index < -0.39 is 0 Å². The third-order valence-corrected chi connectivity index (χ3v) is 3.38. The highest BCUT2D eigenvalue weighted by Gasteiger charge is 2.05. The molecule has 0 spiro atoms. The predicted octanol–water partition coefficient (Wildman–Crippen LogP) is 4.75. The van der Waals surface area contributed by atoms with Crippen molar-refractivity contribution in [1.82, 2.24) is 0 Å². The van der Waals surface area contributed by atoms with Crippen LogP contribution in [0.3, 0.4) is 0 Å². The van der Waals surface area contributed by atoms with Gasteiger partial charge >= 0.3 is 0 Å². The van der Waals surface area contributed by atoms with Crippen LogP contribution in [0.5, 0.6) is 5.75 Å². The van der Waals surface area contributed by atoms with Gasteiger partial charge in [0, 0.05) is 12.6 Å². The van der Waals surface area contributed by atoms with Crippen LogP contribution in [0.1, 0.15) is 5.56 Å². The van der Waals surface area contributed by atoms with E-state index in [1.165, 1.54) is 13.2 Å². The van der Waals surface area contributed by atoms with E-state index in [4.69, 9.17) is 27.9 Å². The van der Waals surface area contributed by atoms with Gasteiger partial charge in [0.25, 0.3) is 0 Å². The Morgan fingerprint density at radius 3 is 2.58 bits per heavy atom. The largest absolute Gasteiger partial charge is 0.497 e. The van der Waals surface area contributed by atoms with E-state index in [2.05, 4.69) is 5.32 Å².